The minimum atomic E-state index is -0.939. The standard InChI is InChI=1S/C12H15F2N3O2/c1-2-6-17(7-10(15)16-19)12(18)11-8(13)4-3-5-9(11)14/h3-5,19H,2,6-7H2,1H3,(H2,15,16). The minimum absolute atomic E-state index is 0.197. The minimum Gasteiger partial charge on any atom is -0.409 e. The number of halogens is 2. The molecule has 5 nitrogen and oxygen atoms in total. The Balaban J connectivity index is 3.05. The molecule has 1 rings (SSSR count). The summed E-state index contributed by atoms with van der Waals surface area (Å²) < 4.78 is 27.0. The van der Waals surface area contributed by atoms with Gasteiger partial charge in [-0.05, 0) is 18.6 Å². The van der Waals surface area contributed by atoms with Crippen molar-refractivity contribution in [3.05, 3.63) is 35.4 Å². The average Bonchev–Trinajstić information content (AvgIpc) is 2.37. The van der Waals surface area contributed by atoms with Crippen LogP contribution in [0.1, 0.15) is 23.7 Å². The Morgan fingerprint density at radius 3 is 2.47 bits per heavy atom. The van der Waals surface area contributed by atoms with E-state index in [-0.39, 0.29) is 18.9 Å². The third kappa shape index (κ3) is 3.64. The van der Waals surface area contributed by atoms with Crippen molar-refractivity contribution in [1.82, 2.24) is 4.90 Å². The van der Waals surface area contributed by atoms with Crippen molar-refractivity contribution in [3.8, 4) is 0 Å². The monoisotopic (exact) mass is 271 g/mol. The summed E-state index contributed by atoms with van der Waals surface area (Å²) >= 11 is 0. The Hall–Kier alpha value is -2.18. The molecular formula is C12H15F2N3O2. The van der Waals surface area contributed by atoms with Crippen LogP contribution >= 0.6 is 0 Å². The Bertz CT molecular complexity index is 472. The van der Waals surface area contributed by atoms with E-state index in [2.05, 4.69) is 5.16 Å². The molecule has 0 radical (unpaired) electrons. The van der Waals surface area contributed by atoms with Crippen molar-refractivity contribution in [2.45, 2.75) is 13.3 Å². The van der Waals surface area contributed by atoms with Crippen LogP contribution in [-0.2, 0) is 0 Å². The van der Waals surface area contributed by atoms with E-state index in [0.717, 1.165) is 17.0 Å². The number of hydrogen-bond donors (Lipinski definition) is 2. The molecule has 1 amide bonds. The molecule has 0 aliphatic heterocycles. The van der Waals surface area contributed by atoms with Gasteiger partial charge in [0.15, 0.2) is 5.84 Å². The van der Waals surface area contributed by atoms with Crippen LogP contribution in [0.3, 0.4) is 0 Å². The molecule has 0 spiro atoms. The number of oxime groups is 1. The summed E-state index contributed by atoms with van der Waals surface area (Å²) in [6.07, 6.45) is 0.570. The van der Waals surface area contributed by atoms with Crippen LogP contribution in [0.2, 0.25) is 0 Å². The lowest BCUT2D eigenvalue weighted by Crippen LogP contribution is -2.39. The molecule has 104 valence electrons. The first-order chi connectivity index (χ1) is 9.01. The number of nitrogens with zero attached hydrogens (tertiary/aromatic N) is 2. The second-order valence-corrected chi connectivity index (χ2v) is 3.91. The number of hydrogen-bond acceptors (Lipinski definition) is 3. The second kappa shape index (κ2) is 6.67. The van der Waals surface area contributed by atoms with Crippen molar-refractivity contribution in [2.75, 3.05) is 13.1 Å². The molecule has 0 fully saturated rings. The van der Waals surface area contributed by atoms with Gasteiger partial charge in [0.1, 0.15) is 17.2 Å². The van der Waals surface area contributed by atoms with Gasteiger partial charge in [-0.25, -0.2) is 8.78 Å². The van der Waals surface area contributed by atoms with E-state index in [9.17, 15) is 13.6 Å². The molecule has 3 N–H and O–H groups in total. The van der Waals surface area contributed by atoms with Crippen LogP contribution in [0.4, 0.5) is 8.78 Å². The zero-order valence-corrected chi connectivity index (χ0v) is 10.4. The molecule has 0 unspecified atom stereocenters. The molecule has 0 heterocycles. The van der Waals surface area contributed by atoms with Crippen molar-refractivity contribution in [2.24, 2.45) is 10.9 Å². The largest absolute Gasteiger partial charge is 0.409 e. The van der Waals surface area contributed by atoms with Gasteiger partial charge in [0, 0.05) is 6.54 Å². The molecule has 0 aliphatic rings. The topological polar surface area (TPSA) is 78.9 Å². The van der Waals surface area contributed by atoms with E-state index in [0.29, 0.717) is 6.42 Å². The maximum Gasteiger partial charge on any atom is 0.260 e. The molecule has 0 aromatic heterocycles. The Kier molecular flexibility index (Phi) is 5.23. The molecule has 0 saturated carbocycles. The van der Waals surface area contributed by atoms with Gasteiger partial charge < -0.3 is 15.8 Å². The summed E-state index contributed by atoms with van der Waals surface area (Å²) in [5, 5.41) is 11.2. The molecule has 0 atom stereocenters. The van der Waals surface area contributed by atoms with E-state index < -0.39 is 23.1 Å². The van der Waals surface area contributed by atoms with Crippen LogP contribution in [-0.4, -0.2) is 34.9 Å². The predicted molar refractivity (Wildman–Crippen MR) is 66.0 cm³/mol. The van der Waals surface area contributed by atoms with Crippen molar-refractivity contribution in [1.29, 1.82) is 0 Å². The SMILES string of the molecule is CCCN(CC(N)=NO)C(=O)c1c(F)cccc1F. The quantitative estimate of drug-likeness (QED) is 0.369. The molecular weight excluding hydrogens is 256 g/mol. The zero-order chi connectivity index (χ0) is 14.4. The Morgan fingerprint density at radius 1 is 1.42 bits per heavy atom. The smallest absolute Gasteiger partial charge is 0.260 e. The maximum atomic E-state index is 13.5. The lowest BCUT2D eigenvalue weighted by molar-refractivity contribution is 0.0768. The van der Waals surface area contributed by atoms with E-state index in [1.165, 1.54) is 6.07 Å². The number of amides is 1. The van der Waals surface area contributed by atoms with Gasteiger partial charge in [-0.3, -0.25) is 4.79 Å². The van der Waals surface area contributed by atoms with Gasteiger partial charge in [-0.1, -0.05) is 18.1 Å². The van der Waals surface area contributed by atoms with Gasteiger partial charge in [-0.15, -0.1) is 0 Å². The van der Waals surface area contributed by atoms with Crippen LogP contribution in [0, 0.1) is 11.6 Å². The fourth-order valence-corrected chi connectivity index (χ4v) is 1.61. The fourth-order valence-electron chi connectivity index (χ4n) is 1.61. The number of carbonyl (C=O) groups is 1. The first-order valence-corrected chi connectivity index (χ1v) is 5.71. The molecule has 19 heavy (non-hydrogen) atoms. The van der Waals surface area contributed by atoms with Gasteiger partial charge >= 0.3 is 0 Å². The first kappa shape index (κ1) is 14.9. The summed E-state index contributed by atoms with van der Waals surface area (Å²) in [6, 6.07) is 3.18. The number of amidine groups is 1. The van der Waals surface area contributed by atoms with Crippen LogP contribution in [0.25, 0.3) is 0 Å². The van der Waals surface area contributed by atoms with E-state index in [1.807, 2.05) is 0 Å². The molecule has 0 saturated heterocycles. The Morgan fingerprint density at radius 2 is 2.00 bits per heavy atom. The lowest BCUT2D eigenvalue weighted by Gasteiger charge is -2.21. The van der Waals surface area contributed by atoms with Gasteiger partial charge in [0.25, 0.3) is 5.91 Å². The third-order valence-electron chi connectivity index (χ3n) is 2.44. The highest BCUT2D eigenvalue weighted by molar-refractivity contribution is 5.97. The van der Waals surface area contributed by atoms with Crippen molar-refractivity contribution < 1.29 is 18.8 Å². The second-order valence-electron chi connectivity index (χ2n) is 3.91. The molecule has 1 aromatic carbocycles. The van der Waals surface area contributed by atoms with Gasteiger partial charge in [-0.2, -0.15) is 0 Å². The van der Waals surface area contributed by atoms with E-state index >= 15 is 0 Å². The highest BCUT2D eigenvalue weighted by atomic mass is 19.1. The zero-order valence-electron chi connectivity index (χ0n) is 10.4. The van der Waals surface area contributed by atoms with Crippen molar-refractivity contribution in [3.63, 3.8) is 0 Å². The first-order valence-electron chi connectivity index (χ1n) is 5.71. The summed E-state index contributed by atoms with van der Waals surface area (Å²) in [7, 11) is 0. The lowest BCUT2D eigenvalue weighted by atomic mass is 10.1. The Labute approximate surface area is 109 Å². The van der Waals surface area contributed by atoms with Crippen LogP contribution < -0.4 is 5.73 Å². The normalized spacial score (nSPS) is 11.4. The van der Waals surface area contributed by atoms with E-state index in [1.54, 1.807) is 6.92 Å². The molecule has 1 aromatic rings. The molecule has 7 heteroatoms. The summed E-state index contributed by atoms with van der Waals surface area (Å²) in [5.41, 5.74) is 4.68. The number of rotatable bonds is 5. The summed E-state index contributed by atoms with van der Waals surface area (Å²) in [5.74, 6) is -2.92. The van der Waals surface area contributed by atoms with E-state index in [4.69, 9.17) is 10.9 Å². The average molecular weight is 271 g/mol. The van der Waals surface area contributed by atoms with Gasteiger partial charge in [0.05, 0.1) is 6.54 Å². The number of carbonyl (C=O) groups excluding carboxylic acids is 1. The summed E-state index contributed by atoms with van der Waals surface area (Å²) in [6.45, 7) is 1.84. The van der Waals surface area contributed by atoms with Crippen LogP contribution in [0.5, 0.6) is 0 Å². The molecule has 0 aliphatic carbocycles. The maximum absolute atomic E-state index is 13.5. The third-order valence-corrected chi connectivity index (χ3v) is 2.44. The highest BCUT2D eigenvalue weighted by Crippen LogP contribution is 2.15. The number of benzene rings is 1. The van der Waals surface area contributed by atoms with Gasteiger partial charge in [0.2, 0.25) is 0 Å². The molecule has 0 bridgehead atoms. The van der Waals surface area contributed by atoms with Crippen molar-refractivity contribution >= 4 is 11.7 Å². The highest BCUT2D eigenvalue weighted by Gasteiger charge is 2.23. The van der Waals surface area contributed by atoms with Crippen LogP contribution in [0.15, 0.2) is 23.4 Å². The number of nitrogens with two attached hydrogens (primary N) is 1. The summed E-state index contributed by atoms with van der Waals surface area (Å²) in [4.78, 5) is 13.2. The fraction of sp³-hybridized carbons (Fsp3) is 0.333. The predicted octanol–water partition coefficient (Wildman–Crippen LogP) is 1.56.